The van der Waals surface area contributed by atoms with Crippen LogP contribution in [0.2, 0.25) is 0 Å². The molecule has 0 fully saturated rings. The molecule has 0 aliphatic heterocycles. The molecule has 0 atom stereocenters. The zero-order chi connectivity index (χ0) is 10.2. The van der Waals surface area contributed by atoms with E-state index in [0.29, 0.717) is 13.8 Å². The Bertz CT molecular complexity index is 222. The van der Waals surface area contributed by atoms with Gasteiger partial charge in [0.2, 0.25) is 0 Å². The Balaban J connectivity index is 4.83. The largest absolute Gasteiger partial charge is 0.683 e. The number of nitro groups is 1. The molecule has 0 spiro atoms. The Hall–Kier alpha value is -1.21. The lowest BCUT2D eigenvalue weighted by Crippen LogP contribution is -2.48. The summed E-state index contributed by atoms with van der Waals surface area (Å²) in [6.07, 6.45) is -5.24. The van der Waals surface area contributed by atoms with Gasteiger partial charge in [-0.05, 0) is 0 Å². The molecule has 0 heterocycles. The summed E-state index contributed by atoms with van der Waals surface area (Å²) in [5, 5.41) is 9.97. The van der Waals surface area contributed by atoms with Gasteiger partial charge in [-0.25, -0.2) is 0 Å². The van der Waals surface area contributed by atoms with Gasteiger partial charge >= 0.3 is 12.0 Å². The Morgan fingerprint density at radius 3 is 1.58 bits per heavy atom. The van der Waals surface area contributed by atoms with Crippen molar-refractivity contribution in [3.63, 3.8) is 0 Å². The van der Waals surface area contributed by atoms with Crippen LogP contribution in [-0.4, -0.2) is 21.6 Å². The molecular weight excluding hydrogens is 181 g/mol. The molecule has 0 aromatic rings. The second-order valence-electron chi connectivity index (χ2n) is 2.51. The maximum atomic E-state index is 11.6. The topological polar surface area (TPSA) is 63.2 Å². The highest BCUT2D eigenvalue weighted by atomic mass is 19.4. The molecule has 0 radical (unpaired) electrons. The quantitative estimate of drug-likeness (QED) is 0.215. The van der Waals surface area contributed by atoms with Crippen LogP contribution < -0.4 is 0 Å². The first-order valence-corrected chi connectivity index (χ1v) is 2.79. The molecule has 0 saturated carbocycles. The van der Waals surface area contributed by atoms with E-state index in [9.17, 15) is 28.2 Å². The van der Waals surface area contributed by atoms with E-state index in [1.165, 1.54) is 0 Å². The monoisotopic (exact) mass is 187 g/mol. The smallest absolute Gasteiger partial charge is 0.258 e. The van der Waals surface area contributed by atoms with Crippen LogP contribution in [-0.2, 0) is 0 Å². The molecule has 0 aliphatic rings. The van der Waals surface area contributed by atoms with E-state index in [-0.39, 0.29) is 0 Å². The summed E-state index contributed by atoms with van der Waals surface area (Å²) >= 11 is 0. The van der Waals surface area contributed by atoms with E-state index >= 15 is 0 Å². The van der Waals surface area contributed by atoms with Crippen LogP contribution in [0.1, 0.15) is 13.8 Å². The number of halogens is 3. The van der Waals surface area contributed by atoms with Crippen molar-refractivity contribution >= 4 is 0 Å². The molecule has 0 N–H and O–H groups in total. The highest BCUT2D eigenvalue weighted by Crippen LogP contribution is 2.24. The van der Waals surface area contributed by atoms with Crippen LogP contribution in [0, 0.1) is 15.0 Å². The zero-order valence-electron chi connectivity index (χ0n) is 6.25. The lowest BCUT2D eigenvalue weighted by Gasteiger charge is -2.07. The van der Waals surface area contributed by atoms with Crippen molar-refractivity contribution in [2.45, 2.75) is 25.8 Å². The van der Waals surface area contributed by atoms with Gasteiger partial charge in [0.25, 0.3) is 0 Å². The van der Waals surface area contributed by atoms with Crippen LogP contribution in [0.5, 0.6) is 0 Å². The maximum Gasteiger partial charge on any atom is 0.683 e. The van der Waals surface area contributed by atoms with Crippen LogP contribution >= 0.6 is 0 Å². The van der Waals surface area contributed by atoms with Gasteiger partial charge in [-0.15, -0.1) is 13.2 Å². The van der Waals surface area contributed by atoms with Gasteiger partial charge in [0.1, 0.15) is 0 Å². The minimum Gasteiger partial charge on any atom is -0.258 e. The molecule has 70 valence electrons. The highest BCUT2D eigenvalue weighted by Gasteiger charge is 2.64. The van der Waals surface area contributed by atoms with Crippen molar-refractivity contribution in [2.24, 2.45) is 0 Å². The van der Waals surface area contributed by atoms with Crippen LogP contribution in [0.25, 0.3) is 0 Å². The van der Waals surface area contributed by atoms with Crippen molar-refractivity contribution in [2.75, 3.05) is 0 Å². The number of nitroso groups, excluding NO2 is 1. The molecule has 0 amide bonds. The summed E-state index contributed by atoms with van der Waals surface area (Å²) in [5.74, 6) is 0. The zero-order valence-corrected chi connectivity index (χ0v) is 6.25. The Morgan fingerprint density at radius 2 is 1.50 bits per heavy atom. The third-order valence-corrected chi connectivity index (χ3v) is 1.17. The normalized spacial score (nSPS) is 12.8. The van der Waals surface area contributed by atoms with Crippen molar-refractivity contribution < 1.29 is 22.9 Å². The standard InChI is InChI=1S/C4H6F3N2O3/c1-3(2,9(11)12)8(10)4(5,6)7/h1-2H3/q+1. The van der Waals surface area contributed by atoms with Gasteiger partial charge in [-0.1, -0.05) is 0 Å². The van der Waals surface area contributed by atoms with Crippen molar-refractivity contribution in [3.05, 3.63) is 15.0 Å². The van der Waals surface area contributed by atoms with E-state index in [1.807, 2.05) is 0 Å². The van der Waals surface area contributed by atoms with Crippen molar-refractivity contribution in [1.82, 2.24) is 0 Å². The first-order valence-electron chi connectivity index (χ1n) is 2.79. The molecule has 0 rings (SSSR count). The summed E-state index contributed by atoms with van der Waals surface area (Å²) in [4.78, 5) is 19.0. The Kier molecular flexibility index (Phi) is 2.41. The minimum atomic E-state index is -5.24. The SMILES string of the molecule is CC(C)([N+](=O)[O-])[N+](=O)C(F)(F)F. The van der Waals surface area contributed by atoms with Crippen LogP contribution in [0.3, 0.4) is 0 Å². The first kappa shape index (κ1) is 10.8. The number of alkyl halides is 3. The second-order valence-corrected chi connectivity index (χ2v) is 2.51. The predicted octanol–water partition coefficient (Wildman–Crippen LogP) is 1.30. The highest BCUT2D eigenvalue weighted by molar-refractivity contribution is 4.48. The van der Waals surface area contributed by atoms with E-state index in [4.69, 9.17) is 0 Å². The molecule has 0 bridgehead atoms. The number of rotatable bonds is 2. The fraction of sp³-hybridized carbons (Fsp3) is 1.00. The van der Waals surface area contributed by atoms with Crippen molar-refractivity contribution in [3.8, 4) is 0 Å². The average Bonchev–Trinajstić information content (AvgIpc) is 1.83. The number of hydrogen-bond donors (Lipinski definition) is 0. The molecule has 8 heteroatoms. The molecule has 0 aromatic carbocycles. The Morgan fingerprint density at radius 1 is 1.17 bits per heavy atom. The molecule has 5 nitrogen and oxygen atoms in total. The van der Waals surface area contributed by atoms with Gasteiger partial charge in [0.05, 0.1) is 18.8 Å². The van der Waals surface area contributed by atoms with Gasteiger partial charge in [-0.2, -0.15) is 0 Å². The number of hydrogen-bond acceptors (Lipinski definition) is 3. The van der Waals surface area contributed by atoms with Crippen molar-refractivity contribution in [1.29, 1.82) is 0 Å². The summed E-state index contributed by atoms with van der Waals surface area (Å²) < 4.78 is 33.3. The van der Waals surface area contributed by atoms with Gasteiger partial charge in [0, 0.05) is 4.91 Å². The maximum absolute atomic E-state index is 11.6. The molecule has 0 aromatic heterocycles. The number of nitrogens with zero attached hydrogens (tertiary/aromatic N) is 2. The first-order chi connectivity index (χ1) is 5.10. The summed E-state index contributed by atoms with van der Waals surface area (Å²) in [7, 11) is 0. The molecule has 0 saturated heterocycles. The average molecular weight is 187 g/mol. The minimum absolute atomic E-state index is 0.577. The molecule has 0 unspecified atom stereocenters. The Labute approximate surface area is 64.9 Å². The van der Waals surface area contributed by atoms with Gasteiger partial charge < -0.3 is 0 Å². The summed E-state index contributed by atoms with van der Waals surface area (Å²) in [5.41, 5.74) is -2.68. The van der Waals surface area contributed by atoms with Gasteiger partial charge in [0.15, 0.2) is 4.76 Å². The lowest BCUT2D eigenvalue weighted by atomic mass is 10.3. The third kappa shape index (κ3) is 1.89. The van der Waals surface area contributed by atoms with Crippen LogP contribution in [0.4, 0.5) is 13.2 Å². The second kappa shape index (κ2) is 2.68. The summed E-state index contributed by atoms with van der Waals surface area (Å²) in [6.45, 7) is 1.15. The third-order valence-electron chi connectivity index (χ3n) is 1.17. The molecule has 12 heavy (non-hydrogen) atoms. The summed E-state index contributed by atoms with van der Waals surface area (Å²) in [6, 6.07) is 0. The van der Waals surface area contributed by atoms with Crippen LogP contribution in [0.15, 0.2) is 0 Å². The van der Waals surface area contributed by atoms with E-state index in [0.717, 1.165) is 0 Å². The fourth-order valence-electron chi connectivity index (χ4n) is 0.384. The van der Waals surface area contributed by atoms with E-state index in [1.54, 1.807) is 0 Å². The van der Waals surface area contributed by atoms with Gasteiger partial charge in [-0.3, -0.25) is 10.1 Å². The predicted molar refractivity (Wildman–Crippen MR) is 30.8 cm³/mol. The van der Waals surface area contributed by atoms with E-state index in [2.05, 4.69) is 0 Å². The lowest BCUT2D eigenvalue weighted by molar-refractivity contribution is -0.889. The van der Waals surface area contributed by atoms with E-state index < -0.39 is 21.6 Å². The molecule has 0 aliphatic carbocycles. The molecular formula is C4H6F3N2O3+. The fourth-order valence-corrected chi connectivity index (χ4v) is 0.384.